The number of esters is 1. The zero-order valence-corrected chi connectivity index (χ0v) is 19.2. The number of hydrogen-bond donors (Lipinski definition) is 7. The van der Waals surface area contributed by atoms with Gasteiger partial charge in [0.1, 0.15) is 43.2 Å². The summed E-state index contributed by atoms with van der Waals surface area (Å²) in [6.45, 7) is -0.304. The van der Waals surface area contributed by atoms with Crippen LogP contribution in [0.3, 0.4) is 0 Å². The monoisotopic (exact) mass is 540 g/mol. The van der Waals surface area contributed by atoms with Crippen molar-refractivity contribution in [3.63, 3.8) is 0 Å². The highest BCUT2D eigenvalue weighted by Crippen LogP contribution is 2.29. The van der Waals surface area contributed by atoms with Crippen molar-refractivity contribution in [1.82, 2.24) is 20.4 Å². The molecule has 206 valence electrons. The van der Waals surface area contributed by atoms with Crippen LogP contribution >= 0.6 is 0 Å². The smallest absolute Gasteiger partial charge is 0.338 e. The molecular weight excluding hydrogens is 516 g/mol. The molecule has 1 aromatic heterocycles. The van der Waals surface area contributed by atoms with Crippen LogP contribution in [-0.4, -0.2) is 129 Å². The van der Waals surface area contributed by atoms with Crippen molar-refractivity contribution in [2.45, 2.75) is 68.0 Å². The Balaban J connectivity index is 1.46. The third kappa shape index (κ3) is 5.75. The van der Waals surface area contributed by atoms with E-state index in [-0.39, 0.29) is 12.4 Å². The number of rotatable bonds is 7. The molecule has 17 heteroatoms. The fraction of sp³-hybridized carbons (Fsp3) is 0.524. The van der Waals surface area contributed by atoms with Crippen molar-refractivity contribution in [1.29, 1.82) is 0 Å². The number of hydrogen-bond acceptors (Lipinski definition) is 16. The molecular formula is C21H24N4O13. The maximum atomic E-state index is 12.8. The van der Waals surface area contributed by atoms with Crippen molar-refractivity contribution in [3.8, 4) is 11.4 Å². The van der Waals surface area contributed by atoms with Crippen molar-refractivity contribution in [2.75, 3.05) is 0 Å². The van der Waals surface area contributed by atoms with Gasteiger partial charge in [-0.1, -0.05) is 24.3 Å². The topological polar surface area (TPSA) is 264 Å². The highest BCUT2D eigenvalue weighted by Gasteiger charge is 2.53. The van der Waals surface area contributed by atoms with Crippen molar-refractivity contribution in [3.05, 3.63) is 36.2 Å². The highest BCUT2D eigenvalue weighted by molar-refractivity contribution is 5.76. The Morgan fingerprint density at radius 1 is 0.816 bits per heavy atom. The summed E-state index contributed by atoms with van der Waals surface area (Å²) >= 11 is 0. The lowest BCUT2D eigenvalue weighted by atomic mass is 9.96. The molecule has 10 unspecified atom stereocenters. The Morgan fingerprint density at radius 2 is 1.47 bits per heavy atom. The van der Waals surface area contributed by atoms with E-state index >= 15 is 0 Å². The summed E-state index contributed by atoms with van der Waals surface area (Å²) in [6, 6.07) is 6.42. The van der Waals surface area contributed by atoms with Crippen LogP contribution in [0.5, 0.6) is 0 Å². The Morgan fingerprint density at radius 3 is 2.11 bits per heavy atom. The summed E-state index contributed by atoms with van der Waals surface area (Å²) < 4.78 is 20.6. The van der Waals surface area contributed by atoms with E-state index in [1.807, 2.05) is 0 Å². The van der Waals surface area contributed by atoms with E-state index in [4.69, 9.17) is 18.9 Å². The maximum Gasteiger partial charge on any atom is 0.338 e. The SMILES string of the molecule is O=C(O)C1OC(OC2C(C(=O)OCc3ccc(-c4nncnn4)cc3)OC(O)C(O)C2O)C(O)C(O)C1O. The first kappa shape index (κ1) is 27.8. The van der Waals surface area contributed by atoms with E-state index in [0.29, 0.717) is 11.1 Å². The first-order valence-electron chi connectivity index (χ1n) is 11.1. The van der Waals surface area contributed by atoms with Crippen LogP contribution in [0.15, 0.2) is 30.6 Å². The van der Waals surface area contributed by atoms with E-state index < -0.39 is 73.4 Å². The fourth-order valence-electron chi connectivity index (χ4n) is 3.82. The van der Waals surface area contributed by atoms with Gasteiger partial charge in [0.05, 0.1) is 0 Å². The van der Waals surface area contributed by atoms with E-state index in [0.717, 1.165) is 0 Å². The first-order chi connectivity index (χ1) is 18.1. The molecule has 4 rings (SSSR count). The molecule has 10 atom stereocenters. The van der Waals surface area contributed by atoms with E-state index in [1.165, 1.54) is 6.33 Å². The molecule has 3 heterocycles. The number of carbonyl (C=O) groups excluding carboxylic acids is 1. The van der Waals surface area contributed by atoms with Gasteiger partial charge < -0.3 is 54.7 Å². The zero-order chi connectivity index (χ0) is 27.6. The molecule has 2 aliphatic rings. The normalized spacial score (nSPS) is 35.4. The number of aliphatic hydroxyl groups excluding tert-OH is 6. The third-order valence-corrected chi connectivity index (χ3v) is 5.90. The van der Waals surface area contributed by atoms with E-state index in [1.54, 1.807) is 24.3 Å². The third-order valence-electron chi connectivity index (χ3n) is 5.90. The molecule has 0 amide bonds. The first-order valence-corrected chi connectivity index (χ1v) is 11.1. The van der Waals surface area contributed by atoms with Gasteiger partial charge in [0, 0.05) is 5.56 Å². The number of nitrogens with zero attached hydrogens (tertiary/aromatic N) is 4. The minimum atomic E-state index is -2.04. The van der Waals surface area contributed by atoms with E-state index in [2.05, 4.69) is 20.4 Å². The standard InChI is InChI=1S/C21H24N4O13/c26-9-10(27)15(18(31)32)38-21(13(9)30)37-14-11(28)12(29)19(33)36-16(14)20(34)35-5-7-1-3-8(4-2-7)17-24-22-6-23-25-17/h1-4,6,9-16,19,21,26-30,33H,5H2,(H,31,32). The van der Waals surface area contributed by atoms with Crippen LogP contribution < -0.4 is 0 Å². The number of aliphatic carboxylic acids is 1. The lowest BCUT2D eigenvalue weighted by Gasteiger charge is -2.44. The van der Waals surface area contributed by atoms with Crippen molar-refractivity contribution in [2.24, 2.45) is 0 Å². The largest absolute Gasteiger partial charge is 0.479 e. The number of ether oxygens (including phenoxy) is 4. The summed E-state index contributed by atoms with van der Waals surface area (Å²) in [5.41, 5.74) is 1.09. The predicted molar refractivity (Wildman–Crippen MR) is 115 cm³/mol. The Bertz CT molecular complexity index is 1110. The number of carboxylic acid groups (broad SMARTS) is 1. The number of carbonyl (C=O) groups is 2. The van der Waals surface area contributed by atoms with Gasteiger partial charge in [0.25, 0.3) is 0 Å². The molecule has 0 aliphatic carbocycles. The van der Waals surface area contributed by atoms with Crippen LogP contribution in [0.25, 0.3) is 11.4 Å². The minimum absolute atomic E-state index is 0.267. The van der Waals surface area contributed by atoms with Crippen molar-refractivity contribution < 1.29 is 64.3 Å². The average Bonchev–Trinajstić information content (AvgIpc) is 2.92. The van der Waals surface area contributed by atoms with Gasteiger partial charge in [0.15, 0.2) is 31.1 Å². The van der Waals surface area contributed by atoms with Crippen LogP contribution in [0, 0.1) is 0 Å². The van der Waals surface area contributed by atoms with Crippen LogP contribution in [0.1, 0.15) is 5.56 Å². The Labute approximate surface area is 212 Å². The highest BCUT2D eigenvalue weighted by atomic mass is 16.7. The van der Waals surface area contributed by atoms with E-state index in [9.17, 15) is 45.3 Å². The number of benzene rings is 1. The van der Waals surface area contributed by atoms with Gasteiger partial charge in [-0.3, -0.25) is 0 Å². The van der Waals surface area contributed by atoms with Gasteiger partial charge >= 0.3 is 11.9 Å². The number of aromatic nitrogens is 4. The molecule has 2 aromatic rings. The van der Waals surface area contributed by atoms with Gasteiger partial charge in [-0.2, -0.15) is 0 Å². The maximum absolute atomic E-state index is 12.8. The summed E-state index contributed by atoms with van der Waals surface area (Å²) in [7, 11) is 0. The molecule has 0 spiro atoms. The van der Waals surface area contributed by atoms with Gasteiger partial charge in [-0.25, -0.2) is 9.59 Å². The summed E-state index contributed by atoms with van der Waals surface area (Å²) in [5.74, 6) is -2.59. The van der Waals surface area contributed by atoms with Crippen molar-refractivity contribution >= 4 is 11.9 Å². The molecule has 0 radical (unpaired) electrons. The molecule has 2 fully saturated rings. The average molecular weight is 540 g/mol. The molecule has 17 nitrogen and oxygen atoms in total. The lowest BCUT2D eigenvalue weighted by Crippen LogP contribution is -2.65. The zero-order valence-electron chi connectivity index (χ0n) is 19.2. The van der Waals surface area contributed by atoms with Gasteiger partial charge in [0.2, 0.25) is 5.82 Å². The number of carboxylic acids is 1. The number of aliphatic hydroxyl groups is 6. The quantitative estimate of drug-likeness (QED) is 0.164. The Hall–Kier alpha value is -3.26. The second kappa shape index (κ2) is 11.6. The van der Waals surface area contributed by atoms with Crippen LogP contribution in [0.4, 0.5) is 0 Å². The minimum Gasteiger partial charge on any atom is -0.479 e. The summed E-state index contributed by atoms with van der Waals surface area (Å²) in [4.78, 5) is 24.2. The Kier molecular flexibility index (Phi) is 8.51. The molecule has 1 aromatic carbocycles. The molecule has 2 aliphatic heterocycles. The van der Waals surface area contributed by atoms with Gasteiger partial charge in [-0.15, -0.1) is 20.4 Å². The molecule has 0 bridgehead atoms. The summed E-state index contributed by atoms with van der Waals surface area (Å²) in [6.07, 6.45) is -18.7. The molecule has 38 heavy (non-hydrogen) atoms. The second-order valence-electron chi connectivity index (χ2n) is 8.44. The molecule has 0 saturated carbocycles. The second-order valence-corrected chi connectivity index (χ2v) is 8.44. The molecule has 7 N–H and O–H groups in total. The predicted octanol–water partition coefficient (Wildman–Crippen LogP) is -4.31. The summed E-state index contributed by atoms with van der Waals surface area (Å²) in [5, 5.41) is 84.5. The lowest BCUT2D eigenvalue weighted by molar-refractivity contribution is -0.346. The molecule has 2 saturated heterocycles. The van der Waals surface area contributed by atoms with Gasteiger partial charge in [-0.05, 0) is 5.56 Å². The van der Waals surface area contributed by atoms with Crippen LogP contribution in [-0.2, 0) is 35.1 Å². The van der Waals surface area contributed by atoms with Crippen LogP contribution in [0.2, 0.25) is 0 Å². The fourth-order valence-corrected chi connectivity index (χ4v) is 3.82.